The van der Waals surface area contributed by atoms with Gasteiger partial charge in [0.15, 0.2) is 0 Å². The smallest absolute Gasteiger partial charge is 0.0803 e. The summed E-state index contributed by atoms with van der Waals surface area (Å²) in [6.07, 6.45) is 3.21. The highest BCUT2D eigenvalue weighted by atomic mass is 79.9. The van der Waals surface area contributed by atoms with Crippen molar-refractivity contribution in [2.24, 2.45) is 5.92 Å². The Morgan fingerprint density at radius 2 is 2.21 bits per heavy atom. The van der Waals surface area contributed by atoms with Crippen molar-refractivity contribution < 1.29 is 5.11 Å². The number of hydrogen-bond donors (Lipinski definition) is 1. The molecule has 1 aliphatic carbocycles. The van der Waals surface area contributed by atoms with E-state index in [2.05, 4.69) is 28.9 Å². The maximum atomic E-state index is 10.0. The SMILES string of the molecule is Cc1cccc(C(O)CC2CC2)c1Br. The lowest BCUT2D eigenvalue weighted by atomic mass is 10.0. The summed E-state index contributed by atoms with van der Waals surface area (Å²) in [7, 11) is 0. The van der Waals surface area contributed by atoms with Gasteiger partial charge in [-0.05, 0) is 30.4 Å². The van der Waals surface area contributed by atoms with E-state index in [9.17, 15) is 5.11 Å². The van der Waals surface area contributed by atoms with Gasteiger partial charge in [-0.3, -0.25) is 0 Å². The Balaban J connectivity index is 2.16. The van der Waals surface area contributed by atoms with Crippen LogP contribution >= 0.6 is 15.9 Å². The van der Waals surface area contributed by atoms with Crippen LogP contribution in [-0.4, -0.2) is 5.11 Å². The molecule has 0 aliphatic heterocycles. The molecule has 0 spiro atoms. The first-order valence-electron chi connectivity index (χ1n) is 5.11. The molecule has 2 rings (SSSR count). The molecule has 0 saturated heterocycles. The molecule has 2 heteroatoms. The summed E-state index contributed by atoms with van der Waals surface area (Å²) >= 11 is 3.53. The van der Waals surface area contributed by atoms with Crippen molar-refractivity contribution in [1.29, 1.82) is 0 Å². The fraction of sp³-hybridized carbons (Fsp3) is 0.500. The largest absolute Gasteiger partial charge is 0.388 e. The highest BCUT2D eigenvalue weighted by Crippen LogP contribution is 2.39. The van der Waals surface area contributed by atoms with Crippen molar-refractivity contribution in [2.45, 2.75) is 32.3 Å². The van der Waals surface area contributed by atoms with Gasteiger partial charge >= 0.3 is 0 Å². The van der Waals surface area contributed by atoms with E-state index < -0.39 is 0 Å². The summed E-state index contributed by atoms with van der Waals surface area (Å²) in [6.45, 7) is 2.05. The predicted molar refractivity (Wildman–Crippen MR) is 61.2 cm³/mol. The van der Waals surface area contributed by atoms with Gasteiger partial charge in [-0.25, -0.2) is 0 Å². The molecule has 1 nitrogen and oxygen atoms in total. The quantitative estimate of drug-likeness (QED) is 0.875. The zero-order valence-electron chi connectivity index (χ0n) is 8.33. The Bertz CT molecular complexity index is 331. The van der Waals surface area contributed by atoms with Crippen LogP contribution in [0.4, 0.5) is 0 Å². The van der Waals surface area contributed by atoms with E-state index in [1.165, 1.54) is 18.4 Å². The first-order chi connectivity index (χ1) is 6.68. The van der Waals surface area contributed by atoms with E-state index >= 15 is 0 Å². The van der Waals surface area contributed by atoms with Crippen LogP contribution in [0.5, 0.6) is 0 Å². The molecule has 1 aliphatic rings. The topological polar surface area (TPSA) is 20.2 Å². The van der Waals surface area contributed by atoms with Crippen molar-refractivity contribution >= 4 is 15.9 Å². The fourth-order valence-corrected chi connectivity index (χ4v) is 2.25. The molecule has 76 valence electrons. The molecule has 1 saturated carbocycles. The number of aliphatic hydroxyl groups excluding tert-OH is 1. The first kappa shape index (κ1) is 10.2. The molecular formula is C12H15BrO. The van der Waals surface area contributed by atoms with Crippen molar-refractivity contribution in [3.8, 4) is 0 Å². The van der Waals surface area contributed by atoms with Gasteiger partial charge in [-0.1, -0.05) is 47.0 Å². The minimum Gasteiger partial charge on any atom is -0.388 e. The van der Waals surface area contributed by atoms with Crippen molar-refractivity contribution in [2.75, 3.05) is 0 Å². The molecule has 1 aromatic carbocycles. The Kier molecular flexibility index (Phi) is 2.93. The molecule has 0 amide bonds. The summed E-state index contributed by atoms with van der Waals surface area (Å²) in [5, 5.41) is 10.0. The summed E-state index contributed by atoms with van der Waals surface area (Å²) in [5.74, 6) is 0.761. The molecular weight excluding hydrogens is 240 g/mol. The number of benzene rings is 1. The standard InChI is InChI=1S/C12H15BrO/c1-8-3-2-4-10(12(8)13)11(14)7-9-5-6-9/h2-4,9,11,14H,5-7H2,1H3. The van der Waals surface area contributed by atoms with Crippen LogP contribution in [0.3, 0.4) is 0 Å². The highest BCUT2D eigenvalue weighted by molar-refractivity contribution is 9.10. The zero-order valence-corrected chi connectivity index (χ0v) is 9.92. The third kappa shape index (κ3) is 2.18. The number of rotatable bonds is 3. The average molecular weight is 255 g/mol. The lowest BCUT2D eigenvalue weighted by Crippen LogP contribution is -2.00. The van der Waals surface area contributed by atoms with E-state index in [1.807, 2.05) is 12.1 Å². The average Bonchev–Trinajstić information content (AvgIpc) is 2.93. The van der Waals surface area contributed by atoms with Crippen LogP contribution in [0, 0.1) is 12.8 Å². The lowest BCUT2D eigenvalue weighted by Gasteiger charge is -2.13. The zero-order chi connectivity index (χ0) is 10.1. The second-order valence-corrected chi connectivity index (χ2v) is 4.97. The maximum absolute atomic E-state index is 10.0. The van der Waals surface area contributed by atoms with Crippen molar-refractivity contribution in [3.63, 3.8) is 0 Å². The van der Waals surface area contributed by atoms with Gasteiger partial charge in [0.05, 0.1) is 6.10 Å². The number of hydrogen-bond acceptors (Lipinski definition) is 1. The van der Waals surface area contributed by atoms with Crippen LogP contribution in [0.2, 0.25) is 0 Å². The van der Waals surface area contributed by atoms with E-state index in [4.69, 9.17) is 0 Å². The van der Waals surface area contributed by atoms with Crippen LogP contribution in [0.15, 0.2) is 22.7 Å². The molecule has 1 atom stereocenters. The minimum absolute atomic E-state index is 0.295. The molecule has 0 radical (unpaired) electrons. The Labute approximate surface area is 93.3 Å². The van der Waals surface area contributed by atoms with Gasteiger partial charge in [0.25, 0.3) is 0 Å². The normalized spacial score (nSPS) is 18.2. The van der Waals surface area contributed by atoms with E-state index in [-0.39, 0.29) is 6.10 Å². The second kappa shape index (κ2) is 4.03. The molecule has 0 aromatic heterocycles. The van der Waals surface area contributed by atoms with Gasteiger partial charge in [0.1, 0.15) is 0 Å². The molecule has 1 N–H and O–H groups in total. The van der Waals surface area contributed by atoms with Gasteiger partial charge in [0, 0.05) is 4.47 Å². The summed E-state index contributed by atoms with van der Waals surface area (Å²) < 4.78 is 1.06. The highest BCUT2D eigenvalue weighted by Gasteiger charge is 2.26. The predicted octanol–water partition coefficient (Wildman–Crippen LogP) is 3.59. The Morgan fingerprint density at radius 3 is 2.86 bits per heavy atom. The number of aryl methyl sites for hydroxylation is 1. The van der Waals surface area contributed by atoms with Crippen LogP contribution < -0.4 is 0 Å². The summed E-state index contributed by atoms with van der Waals surface area (Å²) in [5.41, 5.74) is 2.23. The van der Waals surface area contributed by atoms with E-state index in [0.29, 0.717) is 0 Å². The third-order valence-corrected chi connectivity index (χ3v) is 3.92. The molecule has 14 heavy (non-hydrogen) atoms. The van der Waals surface area contributed by atoms with E-state index in [1.54, 1.807) is 0 Å². The summed E-state index contributed by atoms with van der Waals surface area (Å²) in [6, 6.07) is 6.06. The lowest BCUT2D eigenvalue weighted by molar-refractivity contribution is 0.159. The Morgan fingerprint density at radius 1 is 1.50 bits per heavy atom. The fourth-order valence-electron chi connectivity index (χ4n) is 1.72. The van der Waals surface area contributed by atoms with Gasteiger partial charge in [-0.2, -0.15) is 0 Å². The van der Waals surface area contributed by atoms with Crippen LogP contribution in [0.25, 0.3) is 0 Å². The number of halogens is 1. The molecule has 1 unspecified atom stereocenters. The minimum atomic E-state index is -0.295. The maximum Gasteiger partial charge on any atom is 0.0803 e. The Hall–Kier alpha value is -0.340. The molecule has 0 heterocycles. The second-order valence-electron chi connectivity index (χ2n) is 4.17. The van der Waals surface area contributed by atoms with Crippen molar-refractivity contribution in [1.82, 2.24) is 0 Å². The third-order valence-electron chi connectivity index (χ3n) is 2.83. The number of aliphatic hydroxyl groups is 1. The summed E-state index contributed by atoms with van der Waals surface area (Å²) in [4.78, 5) is 0. The van der Waals surface area contributed by atoms with Gasteiger partial charge < -0.3 is 5.11 Å². The van der Waals surface area contributed by atoms with Crippen LogP contribution in [-0.2, 0) is 0 Å². The van der Waals surface area contributed by atoms with Gasteiger partial charge in [0.2, 0.25) is 0 Å². The van der Waals surface area contributed by atoms with Crippen molar-refractivity contribution in [3.05, 3.63) is 33.8 Å². The monoisotopic (exact) mass is 254 g/mol. The molecule has 1 fully saturated rings. The first-order valence-corrected chi connectivity index (χ1v) is 5.91. The van der Waals surface area contributed by atoms with Gasteiger partial charge in [-0.15, -0.1) is 0 Å². The molecule has 1 aromatic rings. The molecule has 0 bridgehead atoms. The van der Waals surface area contributed by atoms with E-state index in [0.717, 1.165) is 22.4 Å². The van der Waals surface area contributed by atoms with Crippen LogP contribution in [0.1, 0.15) is 36.5 Å².